The van der Waals surface area contributed by atoms with Gasteiger partial charge in [-0.3, -0.25) is 0 Å². The van der Waals surface area contributed by atoms with Gasteiger partial charge in [-0.15, -0.1) is 0 Å². The van der Waals surface area contributed by atoms with Crippen LogP contribution >= 0.6 is 11.6 Å². The number of nitrogens with one attached hydrogen (secondary N) is 1. The van der Waals surface area contributed by atoms with Crippen molar-refractivity contribution in [2.24, 2.45) is 0 Å². The minimum absolute atomic E-state index is 0.103. The second-order valence-corrected chi connectivity index (χ2v) is 6.28. The summed E-state index contributed by atoms with van der Waals surface area (Å²) in [5, 5.41) is 13.1. The standard InChI is InChI=1S/C20H14ClN5/c21-16-9-14(8-13-6-7-24-11-15(13)16)19-18(12-4-2-1-3-5-12)26-20(23)17(10-22)25-19/h1-9,24H,11H2,(H2,23,26). The van der Waals surface area contributed by atoms with E-state index in [0.29, 0.717) is 23.0 Å². The Labute approximate surface area is 155 Å². The molecule has 0 saturated heterocycles. The van der Waals surface area contributed by atoms with Gasteiger partial charge in [-0.1, -0.05) is 41.9 Å². The number of anilines is 1. The highest BCUT2D eigenvalue weighted by Crippen LogP contribution is 2.35. The van der Waals surface area contributed by atoms with Crippen molar-refractivity contribution >= 4 is 23.5 Å². The normalized spacial score (nSPS) is 12.2. The summed E-state index contributed by atoms with van der Waals surface area (Å²) in [5.74, 6) is 0.114. The predicted octanol–water partition coefficient (Wildman–Crippen LogP) is 3.99. The fraction of sp³-hybridized carbons (Fsp3) is 0.0500. The summed E-state index contributed by atoms with van der Waals surface area (Å²) in [7, 11) is 0. The molecule has 0 atom stereocenters. The van der Waals surface area contributed by atoms with Gasteiger partial charge in [0.25, 0.3) is 0 Å². The number of benzene rings is 2. The zero-order chi connectivity index (χ0) is 18.1. The molecule has 126 valence electrons. The number of aromatic nitrogens is 2. The van der Waals surface area contributed by atoms with Crippen LogP contribution in [0.5, 0.6) is 0 Å². The van der Waals surface area contributed by atoms with Gasteiger partial charge in [0, 0.05) is 22.7 Å². The van der Waals surface area contributed by atoms with Gasteiger partial charge < -0.3 is 11.1 Å². The molecule has 5 nitrogen and oxygen atoms in total. The number of halogens is 1. The molecule has 0 fully saturated rings. The van der Waals surface area contributed by atoms with Crippen molar-refractivity contribution in [2.45, 2.75) is 6.54 Å². The molecule has 0 bridgehead atoms. The maximum atomic E-state index is 9.32. The van der Waals surface area contributed by atoms with Gasteiger partial charge in [-0.25, -0.2) is 9.97 Å². The first kappa shape index (κ1) is 16.1. The Balaban J connectivity index is 1.98. The molecule has 3 N–H and O–H groups in total. The van der Waals surface area contributed by atoms with E-state index in [4.69, 9.17) is 17.3 Å². The van der Waals surface area contributed by atoms with Gasteiger partial charge in [-0.05, 0) is 35.5 Å². The zero-order valence-corrected chi connectivity index (χ0v) is 14.5. The molecule has 26 heavy (non-hydrogen) atoms. The largest absolute Gasteiger partial charge is 0.387 e. The second-order valence-electron chi connectivity index (χ2n) is 5.87. The van der Waals surface area contributed by atoms with Crippen LogP contribution in [0.15, 0.2) is 48.7 Å². The van der Waals surface area contributed by atoms with E-state index in [1.165, 1.54) is 0 Å². The van der Waals surface area contributed by atoms with E-state index in [2.05, 4.69) is 15.3 Å². The van der Waals surface area contributed by atoms with Gasteiger partial charge in [0.15, 0.2) is 11.5 Å². The summed E-state index contributed by atoms with van der Waals surface area (Å²) in [5.41, 5.74) is 10.9. The van der Waals surface area contributed by atoms with E-state index in [9.17, 15) is 5.26 Å². The molecule has 0 radical (unpaired) electrons. The summed E-state index contributed by atoms with van der Waals surface area (Å²) >= 11 is 6.49. The summed E-state index contributed by atoms with van der Waals surface area (Å²) in [6, 6.07) is 15.5. The highest BCUT2D eigenvalue weighted by atomic mass is 35.5. The summed E-state index contributed by atoms with van der Waals surface area (Å²) in [6.45, 7) is 0.674. The van der Waals surface area contributed by atoms with Crippen LogP contribution < -0.4 is 11.1 Å². The molecule has 1 aliphatic heterocycles. The van der Waals surface area contributed by atoms with Crippen molar-refractivity contribution in [2.75, 3.05) is 5.73 Å². The van der Waals surface area contributed by atoms with Crippen molar-refractivity contribution in [1.29, 1.82) is 5.26 Å². The minimum Gasteiger partial charge on any atom is -0.387 e. The first-order valence-corrected chi connectivity index (χ1v) is 8.41. The number of fused-ring (bicyclic) bond motifs is 1. The first-order chi connectivity index (χ1) is 12.7. The average Bonchev–Trinajstić information content (AvgIpc) is 2.68. The van der Waals surface area contributed by atoms with E-state index >= 15 is 0 Å². The lowest BCUT2D eigenvalue weighted by Crippen LogP contribution is -2.11. The fourth-order valence-electron chi connectivity index (χ4n) is 2.97. The molecule has 1 aliphatic rings. The van der Waals surface area contributed by atoms with Crippen LogP contribution in [0.25, 0.3) is 28.6 Å². The minimum atomic E-state index is 0.103. The number of rotatable bonds is 2. The van der Waals surface area contributed by atoms with Crippen molar-refractivity contribution in [1.82, 2.24) is 15.3 Å². The maximum absolute atomic E-state index is 9.32. The summed E-state index contributed by atoms with van der Waals surface area (Å²) in [6.07, 6.45) is 3.85. The average molecular weight is 360 g/mol. The van der Waals surface area contributed by atoms with Crippen LogP contribution in [0.1, 0.15) is 16.8 Å². The molecule has 4 rings (SSSR count). The van der Waals surface area contributed by atoms with E-state index in [0.717, 1.165) is 22.3 Å². The quantitative estimate of drug-likeness (QED) is 0.722. The van der Waals surface area contributed by atoms with Gasteiger partial charge >= 0.3 is 0 Å². The van der Waals surface area contributed by atoms with Crippen LogP contribution in [-0.2, 0) is 6.54 Å². The molecule has 6 heteroatoms. The predicted molar refractivity (Wildman–Crippen MR) is 103 cm³/mol. The Bertz CT molecular complexity index is 1070. The lowest BCUT2D eigenvalue weighted by Gasteiger charge is -2.17. The smallest absolute Gasteiger partial charge is 0.183 e. The maximum Gasteiger partial charge on any atom is 0.183 e. The van der Waals surface area contributed by atoms with E-state index < -0.39 is 0 Å². The van der Waals surface area contributed by atoms with E-state index in [-0.39, 0.29) is 11.5 Å². The topological polar surface area (TPSA) is 87.6 Å². The number of nitrogens with two attached hydrogens (primary N) is 1. The second kappa shape index (κ2) is 6.51. The van der Waals surface area contributed by atoms with Crippen molar-refractivity contribution < 1.29 is 0 Å². The van der Waals surface area contributed by atoms with E-state index in [1.54, 1.807) is 0 Å². The lowest BCUT2D eigenvalue weighted by molar-refractivity contribution is 0.859. The molecule has 0 aliphatic carbocycles. The number of nitriles is 1. The Hall–Kier alpha value is -3.36. The number of nitrogens with zero attached hydrogens (tertiary/aromatic N) is 3. The van der Waals surface area contributed by atoms with Gasteiger partial charge in [0.1, 0.15) is 6.07 Å². The van der Waals surface area contributed by atoms with Crippen LogP contribution in [0.3, 0.4) is 0 Å². The third-order valence-electron chi connectivity index (χ3n) is 4.24. The highest BCUT2D eigenvalue weighted by Gasteiger charge is 2.18. The van der Waals surface area contributed by atoms with Crippen molar-refractivity contribution in [3.63, 3.8) is 0 Å². The van der Waals surface area contributed by atoms with Crippen LogP contribution in [0.4, 0.5) is 5.82 Å². The molecule has 0 saturated carbocycles. The third-order valence-corrected chi connectivity index (χ3v) is 4.58. The van der Waals surface area contributed by atoms with Crippen LogP contribution in [0.2, 0.25) is 5.02 Å². The molecular formula is C20H14ClN5. The molecule has 0 amide bonds. The molecule has 0 spiro atoms. The third kappa shape index (κ3) is 2.77. The molecule has 3 aromatic rings. The lowest BCUT2D eigenvalue weighted by atomic mass is 9.97. The molecule has 2 aromatic carbocycles. The fourth-order valence-corrected chi connectivity index (χ4v) is 3.26. The van der Waals surface area contributed by atoms with Crippen LogP contribution in [0, 0.1) is 11.3 Å². The number of hydrogen-bond donors (Lipinski definition) is 2. The highest BCUT2D eigenvalue weighted by molar-refractivity contribution is 6.32. The molecule has 0 unspecified atom stereocenters. The van der Waals surface area contributed by atoms with Crippen molar-refractivity contribution in [3.8, 4) is 28.6 Å². The zero-order valence-electron chi connectivity index (χ0n) is 13.7. The number of hydrogen-bond acceptors (Lipinski definition) is 5. The Morgan fingerprint density at radius 2 is 1.85 bits per heavy atom. The Kier molecular flexibility index (Phi) is 4.04. The van der Waals surface area contributed by atoms with Crippen LogP contribution in [-0.4, -0.2) is 9.97 Å². The number of nitrogen functional groups attached to an aromatic ring is 1. The summed E-state index contributed by atoms with van der Waals surface area (Å²) in [4.78, 5) is 8.93. The molecular weight excluding hydrogens is 346 g/mol. The SMILES string of the molecule is N#Cc1nc(-c2cc(Cl)c3c(c2)C=CNC3)c(-c2ccccc2)nc1N. The Morgan fingerprint density at radius 3 is 2.62 bits per heavy atom. The van der Waals surface area contributed by atoms with Gasteiger partial charge in [-0.2, -0.15) is 5.26 Å². The summed E-state index contributed by atoms with van der Waals surface area (Å²) < 4.78 is 0. The monoisotopic (exact) mass is 359 g/mol. The van der Waals surface area contributed by atoms with Gasteiger partial charge in [0.05, 0.1) is 11.4 Å². The van der Waals surface area contributed by atoms with Gasteiger partial charge in [0.2, 0.25) is 0 Å². The van der Waals surface area contributed by atoms with E-state index in [1.807, 2.05) is 60.8 Å². The van der Waals surface area contributed by atoms with Crippen molar-refractivity contribution in [3.05, 3.63) is 70.5 Å². The first-order valence-electron chi connectivity index (χ1n) is 8.03. The molecule has 2 heterocycles. The molecule has 1 aromatic heterocycles. The Morgan fingerprint density at radius 1 is 1.08 bits per heavy atom.